The Bertz CT molecular complexity index is 349. The average Bonchev–Trinajstić information content (AvgIpc) is 2.62. The maximum Gasteiger partial charge on any atom is 0.225 e. The molecule has 0 aromatic rings. The average molecular weight is 315 g/mol. The number of carbonyl (C=O) groups excluding carboxylic acids is 1. The molecule has 0 aromatic carbocycles. The Morgan fingerprint density at radius 1 is 1.00 bits per heavy atom. The fourth-order valence-corrected chi connectivity index (χ4v) is 4.73. The van der Waals surface area contributed by atoms with Crippen LogP contribution in [0.15, 0.2) is 0 Å². The molecule has 0 aromatic heterocycles. The van der Waals surface area contributed by atoms with Crippen LogP contribution >= 0.6 is 12.4 Å². The first-order valence-electron chi connectivity index (χ1n) is 8.69. The van der Waals surface area contributed by atoms with E-state index in [1.165, 1.54) is 38.5 Å². The number of fused-ring (bicyclic) bond motifs is 2. The van der Waals surface area contributed by atoms with Crippen molar-refractivity contribution in [2.75, 3.05) is 13.1 Å². The van der Waals surface area contributed by atoms with Crippen LogP contribution < -0.4 is 5.73 Å². The van der Waals surface area contributed by atoms with Gasteiger partial charge >= 0.3 is 0 Å². The Morgan fingerprint density at radius 3 is 2.33 bits per heavy atom. The van der Waals surface area contributed by atoms with E-state index in [4.69, 9.17) is 5.73 Å². The van der Waals surface area contributed by atoms with Gasteiger partial charge in [-0.05, 0) is 62.7 Å². The van der Waals surface area contributed by atoms with Crippen LogP contribution in [0, 0.1) is 23.7 Å². The zero-order valence-corrected chi connectivity index (χ0v) is 14.1. The first-order chi connectivity index (χ1) is 9.65. The predicted molar refractivity (Wildman–Crippen MR) is 88.4 cm³/mol. The third-order valence-electron chi connectivity index (χ3n) is 6.09. The van der Waals surface area contributed by atoms with E-state index in [0.717, 1.165) is 31.8 Å². The summed E-state index contributed by atoms with van der Waals surface area (Å²) in [6.45, 7) is 4.29. The van der Waals surface area contributed by atoms with E-state index in [2.05, 4.69) is 11.8 Å². The molecule has 3 rings (SSSR count). The summed E-state index contributed by atoms with van der Waals surface area (Å²) in [7, 11) is 0. The highest BCUT2D eigenvalue weighted by molar-refractivity contribution is 5.85. The number of hydrogen-bond donors (Lipinski definition) is 1. The molecule has 4 heteroatoms. The number of hydrogen-bond acceptors (Lipinski definition) is 2. The number of amides is 1. The molecule has 3 atom stereocenters. The minimum absolute atomic E-state index is 0. The fraction of sp³-hybridized carbons (Fsp3) is 0.941. The minimum Gasteiger partial charge on any atom is -0.342 e. The third kappa shape index (κ3) is 3.73. The van der Waals surface area contributed by atoms with Crippen molar-refractivity contribution in [1.29, 1.82) is 0 Å². The number of rotatable bonds is 1. The summed E-state index contributed by atoms with van der Waals surface area (Å²) in [5.41, 5.74) is 6.34. The summed E-state index contributed by atoms with van der Waals surface area (Å²) in [5, 5.41) is 0. The first kappa shape index (κ1) is 17.1. The molecule has 2 aliphatic carbocycles. The van der Waals surface area contributed by atoms with Crippen molar-refractivity contribution in [3.8, 4) is 0 Å². The Kier molecular flexibility index (Phi) is 5.96. The van der Waals surface area contributed by atoms with Crippen LogP contribution in [0.2, 0.25) is 0 Å². The van der Waals surface area contributed by atoms with E-state index in [9.17, 15) is 4.79 Å². The van der Waals surface area contributed by atoms with Crippen molar-refractivity contribution in [3.63, 3.8) is 0 Å². The molecule has 0 radical (unpaired) electrons. The van der Waals surface area contributed by atoms with Gasteiger partial charge < -0.3 is 10.6 Å². The SMILES string of the molecule is CC1CCCN(C(=O)C2CC3CCCC(C2)C3N)CC1.Cl. The van der Waals surface area contributed by atoms with Crippen molar-refractivity contribution in [2.24, 2.45) is 29.4 Å². The molecule has 122 valence electrons. The zero-order chi connectivity index (χ0) is 14.1. The van der Waals surface area contributed by atoms with Gasteiger partial charge in [0.25, 0.3) is 0 Å². The van der Waals surface area contributed by atoms with E-state index in [1.807, 2.05) is 0 Å². The molecule has 3 aliphatic rings. The van der Waals surface area contributed by atoms with Gasteiger partial charge in [-0.1, -0.05) is 13.3 Å². The molecule has 1 heterocycles. The molecule has 3 unspecified atom stereocenters. The summed E-state index contributed by atoms with van der Waals surface area (Å²) < 4.78 is 0. The van der Waals surface area contributed by atoms with Gasteiger partial charge in [-0.15, -0.1) is 12.4 Å². The first-order valence-corrected chi connectivity index (χ1v) is 8.69. The number of carbonyl (C=O) groups is 1. The van der Waals surface area contributed by atoms with Crippen LogP contribution in [-0.2, 0) is 4.79 Å². The van der Waals surface area contributed by atoms with Gasteiger partial charge in [0.1, 0.15) is 0 Å². The molecule has 21 heavy (non-hydrogen) atoms. The van der Waals surface area contributed by atoms with Gasteiger partial charge in [0, 0.05) is 25.0 Å². The lowest BCUT2D eigenvalue weighted by atomic mass is 9.65. The van der Waals surface area contributed by atoms with Crippen LogP contribution in [0.3, 0.4) is 0 Å². The van der Waals surface area contributed by atoms with Gasteiger partial charge in [0.2, 0.25) is 5.91 Å². The van der Waals surface area contributed by atoms with E-state index in [0.29, 0.717) is 23.8 Å². The van der Waals surface area contributed by atoms with Gasteiger partial charge in [-0.25, -0.2) is 0 Å². The fourth-order valence-electron chi connectivity index (χ4n) is 4.73. The normalized spacial score (nSPS) is 40.1. The Hall–Kier alpha value is -0.280. The van der Waals surface area contributed by atoms with Gasteiger partial charge in [-0.2, -0.15) is 0 Å². The highest BCUT2D eigenvalue weighted by Crippen LogP contribution is 2.42. The lowest BCUT2D eigenvalue weighted by molar-refractivity contribution is -0.138. The summed E-state index contributed by atoms with van der Waals surface area (Å²) in [5.74, 6) is 2.73. The molecule has 1 saturated heterocycles. The molecule has 2 bridgehead atoms. The third-order valence-corrected chi connectivity index (χ3v) is 6.09. The summed E-state index contributed by atoms with van der Waals surface area (Å²) >= 11 is 0. The zero-order valence-electron chi connectivity index (χ0n) is 13.3. The van der Waals surface area contributed by atoms with Crippen LogP contribution in [0.5, 0.6) is 0 Å². The second kappa shape index (κ2) is 7.32. The highest BCUT2D eigenvalue weighted by atomic mass is 35.5. The quantitative estimate of drug-likeness (QED) is 0.808. The maximum absolute atomic E-state index is 12.8. The Morgan fingerprint density at radius 2 is 1.67 bits per heavy atom. The van der Waals surface area contributed by atoms with Crippen LogP contribution in [0.25, 0.3) is 0 Å². The highest BCUT2D eigenvalue weighted by Gasteiger charge is 2.41. The van der Waals surface area contributed by atoms with Crippen molar-refractivity contribution >= 4 is 18.3 Å². The smallest absolute Gasteiger partial charge is 0.225 e. The Balaban J connectivity index is 0.00000161. The molecule has 2 N–H and O–H groups in total. The molecule has 1 aliphatic heterocycles. The summed E-state index contributed by atoms with van der Waals surface area (Å²) in [6, 6.07) is 0.372. The van der Waals surface area contributed by atoms with Crippen LogP contribution in [0.4, 0.5) is 0 Å². The molecular weight excluding hydrogens is 284 g/mol. The van der Waals surface area contributed by atoms with Crippen molar-refractivity contribution in [2.45, 2.75) is 64.3 Å². The molecule has 2 saturated carbocycles. The lowest BCUT2D eigenvalue weighted by Gasteiger charge is -2.44. The maximum atomic E-state index is 12.8. The predicted octanol–water partition coefficient (Wildman–Crippen LogP) is 3.21. The standard InChI is InChI=1S/C17H30N2O.ClH/c1-12-4-3-8-19(9-7-12)17(20)15-10-13-5-2-6-14(11-15)16(13)18;/h12-16H,2-11,18H2,1H3;1H. The van der Waals surface area contributed by atoms with Crippen LogP contribution in [0.1, 0.15) is 58.3 Å². The topological polar surface area (TPSA) is 46.3 Å². The van der Waals surface area contributed by atoms with Crippen LogP contribution in [-0.4, -0.2) is 29.9 Å². The van der Waals surface area contributed by atoms with Crippen molar-refractivity contribution in [1.82, 2.24) is 4.90 Å². The largest absolute Gasteiger partial charge is 0.342 e. The number of nitrogens with two attached hydrogens (primary N) is 1. The van der Waals surface area contributed by atoms with Gasteiger partial charge in [0.15, 0.2) is 0 Å². The van der Waals surface area contributed by atoms with Crippen molar-refractivity contribution in [3.05, 3.63) is 0 Å². The molecule has 0 spiro atoms. The second-order valence-corrected chi connectivity index (χ2v) is 7.56. The minimum atomic E-state index is 0. The van der Waals surface area contributed by atoms with Gasteiger partial charge in [-0.3, -0.25) is 4.79 Å². The van der Waals surface area contributed by atoms with E-state index in [-0.39, 0.29) is 18.3 Å². The van der Waals surface area contributed by atoms with E-state index in [1.54, 1.807) is 0 Å². The number of nitrogens with zero attached hydrogens (tertiary/aromatic N) is 1. The molecule has 1 amide bonds. The van der Waals surface area contributed by atoms with Crippen molar-refractivity contribution < 1.29 is 4.79 Å². The Labute approximate surface area is 135 Å². The summed E-state index contributed by atoms with van der Waals surface area (Å²) in [6.07, 6.45) is 9.59. The summed E-state index contributed by atoms with van der Waals surface area (Å²) in [4.78, 5) is 15.0. The van der Waals surface area contributed by atoms with E-state index >= 15 is 0 Å². The monoisotopic (exact) mass is 314 g/mol. The van der Waals surface area contributed by atoms with E-state index < -0.39 is 0 Å². The molecule has 3 nitrogen and oxygen atoms in total. The van der Waals surface area contributed by atoms with Gasteiger partial charge in [0.05, 0.1) is 0 Å². The lowest BCUT2D eigenvalue weighted by Crippen LogP contribution is -2.49. The number of likely N-dealkylation sites (tertiary alicyclic amines) is 1. The second-order valence-electron chi connectivity index (χ2n) is 7.56. The molecule has 3 fully saturated rings. The number of halogens is 1. The molecular formula is C17H31ClN2O.